The summed E-state index contributed by atoms with van der Waals surface area (Å²) in [4.78, 5) is 15.7. The molecule has 5 aromatic rings. The molecule has 0 bridgehead atoms. The minimum absolute atomic E-state index is 0.00212. The summed E-state index contributed by atoms with van der Waals surface area (Å²) in [6.45, 7) is 2.48. The molecular weight excluding hydrogens is 435 g/mol. The van der Waals surface area contributed by atoms with E-state index in [0.29, 0.717) is 6.54 Å². The second-order valence-corrected chi connectivity index (χ2v) is 9.25. The SMILES string of the molecule is Cc1ccc(-c2c(C3c4ccccc4C(=O)N3Cc3ccc(F)cc3)c3ccccc3n2C)cc1. The summed E-state index contributed by atoms with van der Waals surface area (Å²) in [5.41, 5.74) is 8.28. The van der Waals surface area contributed by atoms with Crippen LogP contribution in [0.3, 0.4) is 0 Å². The number of aromatic nitrogens is 1. The fourth-order valence-corrected chi connectivity index (χ4v) is 5.39. The van der Waals surface area contributed by atoms with E-state index in [4.69, 9.17) is 0 Å². The molecule has 0 radical (unpaired) electrons. The number of carbonyl (C=O) groups excluding carboxylic acids is 1. The number of para-hydroxylation sites is 1. The topological polar surface area (TPSA) is 25.2 Å². The number of rotatable bonds is 4. The summed E-state index contributed by atoms with van der Waals surface area (Å²) in [6.07, 6.45) is 0. The van der Waals surface area contributed by atoms with E-state index in [1.165, 1.54) is 17.7 Å². The Morgan fingerprint density at radius 2 is 1.51 bits per heavy atom. The predicted molar refractivity (Wildman–Crippen MR) is 138 cm³/mol. The van der Waals surface area contributed by atoms with Gasteiger partial charge in [-0.15, -0.1) is 0 Å². The van der Waals surface area contributed by atoms with E-state index < -0.39 is 0 Å². The number of nitrogens with zero attached hydrogens (tertiary/aromatic N) is 2. The summed E-state index contributed by atoms with van der Waals surface area (Å²) in [7, 11) is 2.09. The van der Waals surface area contributed by atoms with Crippen LogP contribution >= 0.6 is 0 Å². The number of hydrogen-bond donors (Lipinski definition) is 0. The number of amides is 1. The molecule has 0 N–H and O–H groups in total. The summed E-state index contributed by atoms with van der Waals surface area (Å²) >= 11 is 0. The molecule has 4 heteroatoms. The maximum atomic E-state index is 13.7. The van der Waals surface area contributed by atoms with E-state index in [2.05, 4.69) is 73.1 Å². The van der Waals surface area contributed by atoms with Gasteiger partial charge in [0.05, 0.1) is 11.7 Å². The highest BCUT2D eigenvalue weighted by atomic mass is 19.1. The van der Waals surface area contributed by atoms with Gasteiger partial charge in [0.2, 0.25) is 0 Å². The number of halogens is 1. The van der Waals surface area contributed by atoms with Gasteiger partial charge in [-0.25, -0.2) is 4.39 Å². The van der Waals surface area contributed by atoms with Gasteiger partial charge in [-0.05, 0) is 47.9 Å². The number of fused-ring (bicyclic) bond motifs is 2. The molecule has 3 nitrogen and oxygen atoms in total. The molecule has 1 unspecified atom stereocenters. The third kappa shape index (κ3) is 3.45. The predicted octanol–water partition coefficient (Wildman–Crippen LogP) is 7.04. The van der Waals surface area contributed by atoms with Crippen LogP contribution in [0.5, 0.6) is 0 Å². The smallest absolute Gasteiger partial charge is 0.255 e. The quantitative estimate of drug-likeness (QED) is 0.282. The second-order valence-electron chi connectivity index (χ2n) is 9.25. The van der Waals surface area contributed by atoms with Crippen molar-refractivity contribution in [3.05, 3.63) is 131 Å². The monoisotopic (exact) mass is 460 g/mol. The van der Waals surface area contributed by atoms with E-state index >= 15 is 0 Å². The molecule has 0 aliphatic carbocycles. The first-order valence-electron chi connectivity index (χ1n) is 11.8. The first-order chi connectivity index (χ1) is 17.0. The number of carbonyl (C=O) groups is 1. The molecule has 1 aliphatic rings. The average molecular weight is 461 g/mol. The van der Waals surface area contributed by atoms with Gasteiger partial charge < -0.3 is 9.47 Å². The van der Waals surface area contributed by atoms with Crippen molar-refractivity contribution in [2.24, 2.45) is 7.05 Å². The van der Waals surface area contributed by atoms with E-state index in [0.717, 1.165) is 44.4 Å². The third-order valence-electron chi connectivity index (χ3n) is 7.07. The summed E-state index contributed by atoms with van der Waals surface area (Å²) in [5, 5.41) is 1.13. The van der Waals surface area contributed by atoms with Crippen molar-refractivity contribution in [3.8, 4) is 11.3 Å². The van der Waals surface area contributed by atoms with Crippen LogP contribution in [0.2, 0.25) is 0 Å². The Hall–Kier alpha value is -4.18. The Morgan fingerprint density at radius 1 is 0.829 bits per heavy atom. The van der Waals surface area contributed by atoms with Crippen LogP contribution in [0, 0.1) is 12.7 Å². The van der Waals surface area contributed by atoms with Crippen LogP contribution in [-0.2, 0) is 13.6 Å². The van der Waals surface area contributed by atoms with Crippen molar-refractivity contribution in [1.29, 1.82) is 0 Å². The lowest BCUT2D eigenvalue weighted by Gasteiger charge is -2.27. The molecule has 0 saturated carbocycles. The Morgan fingerprint density at radius 3 is 2.29 bits per heavy atom. The highest BCUT2D eigenvalue weighted by Gasteiger charge is 2.40. The first-order valence-corrected chi connectivity index (χ1v) is 11.8. The zero-order valence-corrected chi connectivity index (χ0v) is 19.7. The van der Waals surface area contributed by atoms with Crippen LogP contribution in [0.15, 0.2) is 97.1 Å². The van der Waals surface area contributed by atoms with Gasteiger partial charge in [0, 0.05) is 35.6 Å². The lowest BCUT2D eigenvalue weighted by molar-refractivity contribution is 0.0737. The lowest BCUT2D eigenvalue weighted by atomic mass is 9.92. The minimum Gasteiger partial charge on any atom is -0.343 e. The molecule has 35 heavy (non-hydrogen) atoms. The largest absolute Gasteiger partial charge is 0.343 e. The zero-order chi connectivity index (χ0) is 24.1. The third-order valence-corrected chi connectivity index (χ3v) is 7.07. The minimum atomic E-state index is -0.281. The molecule has 0 spiro atoms. The molecule has 1 atom stereocenters. The Kier molecular flexibility index (Phi) is 5.03. The summed E-state index contributed by atoms with van der Waals surface area (Å²) < 4.78 is 15.8. The van der Waals surface area contributed by atoms with E-state index in [9.17, 15) is 9.18 Å². The molecule has 1 amide bonds. The fraction of sp³-hybridized carbons (Fsp3) is 0.129. The van der Waals surface area contributed by atoms with Crippen molar-refractivity contribution < 1.29 is 9.18 Å². The number of hydrogen-bond acceptors (Lipinski definition) is 1. The van der Waals surface area contributed by atoms with Gasteiger partial charge in [0.15, 0.2) is 0 Å². The molecule has 0 saturated heterocycles. The molecule has 0 fully saturated rings. The van der Waals surface area contributed by atoms with Crippen molar-refractivity contribution >= 4 is 16.8 Å². The normalized spacial score (nSPS) is 15.1. The Labute approximate surface area is 204 Å². The maximum absolute atomic E-state index is 13.7. The van der Waals surface area contributed by atoms with Crippen molar-refractivity contribution in [1.82, 2.24) is 9.47 Å². The molecule has 1 aromatic heterocycles. The molecular formula is C31H25FN2O. The van der Waals surface area contributed by atoms with E-state index in [1.807, 2.05) is 23.1 Å². The standard InChI is InChI=1S/C31H25FN2O/c1-20-11-15-22(16-12-20)29-28(26-9-5-6-10-27(26)33(29)2)30-24-7-3-4-8-25(24)31(35)34(30)19-21-13-17-23(32)18-14-21/h3-18,30H,19H2,1-2H3. The molecule has 172 valence electrons. The van der Waals surface area contributed by atoms with Crippen LogP contribution < -0.4 is 0 Å². The molecule has 1 aliphatic heterocycles. The summed E-state index contributed by atoms with van der Waals surface area (Å²) in [6, 6.07) is 31.0. The van der Waals surface area contributed by atoms with Gasteiger partial charge in [0.25, 0.3) is 5.91 Å². The Balaban J connectivity index is 1.61. The molecule has 2 heterocycles. The molecule has 6 rings (SSSR count). The van der Waals surface area contributed by atoms with Crippen LogP contribution in [-0.4, -0.2) is 15.4 Å². The number of aryl methyl sites for hydroxylation is 2. The zero-order valence-electron chi connectivity index (χ0n) is 19.7. The van der Waals surface area contributed by atoms with E-state index in [1.54, 1.807) is 12.1 Å². The summed E-state index contributed by atoms with van der Waals surface area (Å²) in [5.74, 6) is -0.283. The van der Waals surface area contributed by atoms with Crippen molar-refractivity contribution in [2.45, 2.75) is 19.5 Å². The number of benzene rings is 4. The van der Waals surface area contributed by atoms with Gasteiger partial charge in [-0.2, -0.15) is 0 Å². The van der Waals surface area contributed by atoms with Gasteiger partial charge in [-0.3, -0.25) is 4.79 Å². The first kappa shape index (κ1) is 21.4. The lowest BCUT2D eigenvalue weighted by Crippen LogP contribution is -2.28. The molecule has 4 aromatic carbocycles. The maximum Gasteiger partial charge on any atom is 0.255 e. The fourth-order valence-electron chi connectivity index (χ4n) is 5.39. The average Bonchev–Trinajstić information content (AvgIpc) is 3.32. The Bertz CT molecular complexity index is 1560. The van der Waals surface area contributed by atoms with Gasteiger partial charge in [0.1, 0.15) is 5.82 Å². The van der Waals surface area contributed by atoms with Gasteiger partial charge >= 0.3 is 0 Å². The van der Waals surface area contributed by atoms with Crippen LogP contribution in [0.4, 0.5) is 4.39 Å². The van der Waals surface area contributed by atoms with E-state index in [-0.39, 0.29) is 17.8 Å². The van der Waals surface area contributed by atoms with Gasteiger partial charge in [-0.1, -0.05) is 78.4 Å². The van der Waals surface area contributed by atoms with Crippen LogP contribution in [0.25, 0.3) is 22.2 Å². The second kappa shape index (κ2) is 8.24. The van der Waals surface area contributed by atoms with Crippen molar-refractivity contribution in [2.75, 3.05) is 0 Å². The van der Waals surface area contributed by atoms with Crippen LogP contribution in [0.1, 0.15) is 38.7 Å². The van der Waals surface area contributed by atoms with Crippen molar-refractivity contribution in [3.63, 3.8) is 0 Å². The highest BCUT2D eigenvalue weighted by Crippen LogP contribution is 2.47. The highest BCUT2D eigenvalue weighted by molar-refractivity contribution is 6.02.